The summed E-state index contributed by atoms with van der Waals surface area (Å²) in [6.07, 6.45) is 1.54. The van der Waals surface area contributed by atoms with Crippen molar-refractivity contribution < 1.29 is 4.79 Å². The van der Waals surface area contributed by atoms with Crippen LogP contribution in [-0.2, 0) is 16.6 Å². The van der Waals surface area contributed by atoms with Crippen molar-refractivity contribution in [2.75, 3.05) is 0 Å². The number of aldehydes is 1. The maximum Gasteiger partial charge on any atom is 0.130 e. The van der Waals surface area contributed by atoms with E-state index in [9.17, 15) is 4.79 Å². The van der Waals surface area contributed by atoms with Gasteiger partial charge in [-0.15, -0.1) is 0 Å². The van der Waals surface area contributed by atoms with Gasteiger partial charge < -0.3 is 4.79 Å². The number of carbonyl (C=O) groups is 1. The number of hydrogen-bond acceptors (Lipinski definition) is 1. The van der Waals surface area contributed by atoms with E-state index in [-0.39, 0.29) is 0 Å². The molecule has 0 aliphatic carbocycles. The van der Waals surface area contributed by atoms with Crippen molar-refractivity contribution in [3.05, 3.63) is 69.7 Å². The third-order valence-electron chi connectivity index (χ3n) is 3.28. The predicted molar refractivity (Wildman–Crippen MR) is 80.0 cm³/mol. The first kappa shape index (κ1) is 14.1. The quantitative estimate of drug-likeness (QED) is 0.747. The van der Waals surface area contributed by atoms with Crippen molar-refractivity contribution in [1.82, 2.24) is 0 Å². The topological polar surface area (TPSA) is 17.1 Å². The van der Waals surface area contributed by atoms with E-state index in [1.807, 2.05) is 43.3 Å². The molecule has 0 fully saturated rings. The molecule has 1 unspecified atom stereocenters. The van der Waals surface area contributed by atoms with Gasteiger partial charge in [-0.25, -0.2) is 0 Å². The molecular formula is C16H14Cl2O. The number of benzene rings is 2. The summed E-state index contributed by atoms with van der Waals surface area (Å²) in [6, 6.07) is 14.9. The average Bonchev–Trinajstić information content (AvgIpc) is 2.42. The molecule has 1 nitrogen and oxygen atoms in total. The van der Waals surface area contributed by atoms with Gasteiger partial charge in [-0.3, -0.25) is 0 Å². The lowest BCUT2D eigenvalue weighted by Crippen LogP contribution is -2.26. The fourth-order valence-electron chi connectivity index (χ4n) is 2.08. The van der Waals surface area contributed by atoms with E-state index in [1.165, 1.54) is 0 Å². The number of carbonyl (C=O) groups excluding carboxylic acids is 1. The van der Waals surface area contributed by atoms with Crippen LogP contribution in [0.1, 0.15) is 18.1 Å². The van der Waals surface area contributed by atoms with Crippen LogP contribution in [0.5, 0.6) is 0 Å². The van der Waals surface area contributed by atoms with Gasteiger partial charge in [-0.2, -0.15) is 0 Å². The highest BCUT2D eigenvalue weighted by molar-refractivity contribution is 6.31. The fourth-order valence-corrected chi connectivity index (χ4v) is 2.41. The van der Waals surface area contributed by atoms with Gasteiger partial charge in [-0.1, -0.05) is 53.5 Å². The van der Waals surface area contributed by atoms with E-state index >= 15 is 0 Å². The van der Waals surface area contributed by atoms with Crippen LogP contribution in [0.15, 0.2) is 48.5 Å². The summed E-state index contributed by atoms with van der Waals surface area (Å²) < 4.78 is 0. The van der Waals surface area contributed by atoms with Crippen molar-refractivity contribution in [1.29, 1.82) is 0 Å². The van der Waals surface area contributed by atoms with E-state index in [2.05, 4.69) is 0 Å². The van der Waals surface area contributed by atoms with Crippen LogP contribution in [0.2, 0.25) is 10.0 Å². The zero-order valence-corrected chi connectivity index (χ0v) is 12.1. The van der Waals surface area contributed by atoms with E-state index in [4.69, 9.17) is 23.2 Å². The van der Waals surface area contributed by atoms with Crippen LogP contribution in [0.3, 0.4) is 0 Å². The summed E-state index contributed by atoms with van der Waals surface area (Å²) in [5.74, 6) is 0. The Balaban J connectivity index is 2.35. The van der Waals surface area contributed by atoms with Gasteiger partial charge in [-0.05, 0) is 42.7 Å². The molecule has 0 saturated carbocycles. The molecule has 0 spiro atoms. The smallest absolute Gasteiger partial charge is 0.130 e. The number of hydrogen-bond donors (Lipinski definition) is 0. The molecule has 0 aromatic heterocycles. The first-order valence-corrected chi connectivity index (χ1v) is 6.76. The van der Waals surface area contributed by atoms with Gasteiger partial charge >= 0.3 is 0 Å². The highest BCUT2D eigenvalue weighted by Crippen LogP contribution is 2.29. The molecular weight excluding hydrogens is 279 g/mol. The van der Waals surface area contributed by atoms with Crippen molar-refractivity contribution in [2.24, 2.45) is 0 Å². The molecule has 0 N–H and O–H groups in total. The molecule has 98 valence electrons. The first-order valence-electron chi connectivity index (χ1n) is 6.01. The van der Waals surface area contributed by atoms with Gasteiger partial charge in [0.25, 0.3) is 0 Å². The van der Waals surface area contributed by atoms with Crippen molar-refractivity contribution in [3.8, 4) is 0 Å². The Morgan fingerprint density at radius 1 is 1.05 bits per heavy atom. The number of rotatable bonds is 4. The largest absolute Gasteiger partial charge is 0.302 e. The SMILES string of the molecule is CC(C=O)(Cc1ccccc1Cl)c1ccc(Cl)cc1. The molecule has 0 heterocycles. The molecule has 0 radical (unpaired) electrons. The molecule has 0 amide bonds. The molecule has 0 bridgehead atoms. The summed E-state index contributed by atoms with van der Waals surface area (Å²) >= 11 is 12.0. The van der Waals surface area contributed by atoms with E-state index in [1.54, 1.807) is 12.1 Å². The molecule has 2 aromatic rings. The van der Waals surface area contributed by atoms with Gasteiger partial charge in [0.2, 0.25) is 0 Å². The summed E-state index contributed by atoms with van der Waals surface area (Å²) in [7, 11) is 0. The minimum Gasteiger partial charge on any atom is -0.302 e. The Morgan fingerprint density at radius 2 is 1.68 bits per heavy atom. The molecule has 2 rings (SSSR count). The van der Waals surface area contributed by atoms with Crippen molar-refractivity contribution in [2.45, 2.75) is 18.8 Å². The van der Waals surface area contributed by atoms with Gasteiger partial charge in [0.15, 0.2) is 0 Å². The minimum atomic E-state index is -0.602. The first-order chi connectivity index (χ1) is 9.05. The zero-order chi connectivity index (χ0) is 13.9. The van der Waals surface area contributed by atoms with Gasteiger partial charge in [0.1, 0.15) is 6.29 Å². The lowest BCUT2D eigenvalue weighted by atomic mass is 9.78. The Kier molecular flexibility index (Phi) is 4.28. The second-order valence-electron chi connectivity index (χ2n) is 4.81. The average molecular weight is 293 g/mol. The standard InChI is InChI=1S/C16H14Cl2O/c1-16(11-19,13-6-8-14(17)9-7-13)10-12-4-2-3-5-15(12)18/h2-9,11H,10H2,1H3. The number of halogens is 2. The maximum absolute atomic E-state index is 11.6. The lowest BCUT2D eigenvalue weighted by molar-refractivity contribution is -0.112. The molecule has 2 aromatic carbocycles. The summed E-state index contributed by atoms with van der Waals surface area (Å²) in [5.41, 5.74) is 1.30. The Bertz CT molecular complexity index is 578. The summed E-state index contributed by atoms with van der Waals surface area (Å²) in [6.45, 7) is 1.91. The molecule has 19 heavy (non-hydrogen) atoms. The van der Waals surface area contributed by atoms with E-state index < -0.39 is 5.41 Å². The monoisotopic (exact) mass is 292 g/mol. The van der Waals surface area contributed by atoms with Crippen molar-refractivity contribution in [3.63, 3.8) is 0 Å². The van der Waals surface area contributed by atoms with Crippen LogP contribution < -0.4 is 0 Å². The lowest BCUT2D eigenvalue weighted by Gasteiger charge is -2.24. The second-order valence-corrected chi connectivity index (χ2v) is 5.65. The second kappa shape index (κ2) is 5.77. The Hall–Kier alpha value is -1.31. The molecule has 0 aliphatic rings. The third kappa shape index (κ3) is 3.17. The Morgan fingerprint density at radius 3 is 2.26 bits per heavy atom. The zero-order valence-electron chi connectivity index (χ0n) is 10.6. The van der Waals surface area contributed by atoms with Crippen LogP contribution >= 0.6 is 23.2 Å². The molecule has 0 aliphatic heterocycles. The highest BCUT2D eigenvalue weighted by Gasteiger charge is 2.27. The summed E-state index contributed by atoms with van der Waals surface area (Å²) in [5, 5.41) is 1.35. The van der Waals surface area contributed by atoms with E-state index in [0.29, 0.717) is 16.5 Å². The predicted octanol–water partition coefficient (Wildman–Crippen LogP) is 4.69. The maximum atomic E-state index is 11.6. The fraction of sp³-hybridized carbons (Fsp3) is 0.188. The van der Waals surface area contributed by atoms with Gasteiger partial charge in [0, 0.05) is 10.0 Å². The summed E-state index contributed by atoms with van der Waals surface area (Å²) in [4.78, 5) is 11.6. The molecule has 1 atom stereocenters. The van der Waals surface area contributed by atoms with Crippen LogP contribution in [-0.4, -0.2) is 6.29 Å². The third-order valence-corrected chi connectivity index (χ3v) is 3.90. The van der Waals surface area contributed by atoms with Crippen molar-refractivity contribution >= 4 is 29.5 Å². The van der Waals surface area contributed by atoms with Gasteiger partial charge in [0.05, 0.1) is 5.41 Å². The normalized spacial score (nSPS) is 13.8. The highest BCUT2D eigenvalue weighted by atomic mass is 35.5. The minimum absolute atomic E-state index is 0.567. The molecule has 0 saturated heterocycles. The Labute approximate surface area is 123 Å². The van der Waals surface area contributed by atoms with Crippen LogP contribution in [0, 0.1) is 0 Å². The molecule has 3 heteroatoms. The van der Waals surface area contributed by atoms with Crippen LogP contribution in [0.4, 0.5) is 0 Å². The van der Waals surface area contributed by atoms with Crippen LogP contribution in [0.25, 0.3) is 0 Å². The van der Waals surface area contributed by atoms with E-state index in [0.717, 1.165) is 17.4 Å².